The van der Waals surface area contributed by atoms with Gasteiger partial charge in [0.25, 0.3) is 5.91 Å². The fraction of sp³-hybridized carbons (Fsp3) is 0.250. The number of amides is 1. The Labute approximate surface area is 128 Å². The van der Waals surface area contributed by atoms with Crippen LogP contribution in [0.1, 0.15) is 20.2 Å². The molecule has 2 aromatic rings. The van der Waals surface area contributed by atoms with Crippen molar-refractivity contribution >= 4 is 17.2 Å². The highest BCUT2D eigenvalue weighted by molar-refractivity contribution is 7.14. The highest BCUT2D eigenvalue weighted by atomic mass is 32.1. The lowest BCUT2D eigenvalue weighted by molar-refractivity contribution is 0.0801. The lowest BCUT2D eigenvalue weighted by Crippen LogP contribution is -2.28. The Morgan fingerprint density at radius 2 is 2.24 bits per heavy atom. The van der Waals surface area contributed by atoms with Crippen LogP contribution in [-0.2, 0) is 6.42 Å². The summed E-state index contributed by atoms with van der Waals surface area (Å²) in [5.41, 5.74) is 6.32. The van der Waals surface area contributed by atoms with Crippen molar-refractivity contribution in [1.29, 1.82) is 0 Å². The number of likely N-dealkylation sites (N-methyl/N-ethyl adjacent to an activating group) is 1. The molecule has 5 heteroatoms. The van der Waals surface area contributed by atoms with Gasteiger partial charge in [0.05, 0.1) is 16.3 Å². The second-order valence-electron chi connectivity index (χ2n) is 4.47. The lowest BCUT2D eigenvalue weighted by atomic mass is 10.2. The minimum Gasteiger partial charge on any atom is -0.341 e. The largest absolute Gasteiger partial charge is 0.341 e. The Kier molecular flexibility index (Phi) is 5.50. The molecule has 0 radical (unpaired) electrons. The topological polar surface area (TPSA) is 59.2 Å². The zero-order chi connectivity index (χ0) is 15.1. The van der Waals surface area contributed by atoms with Gasteiger partial charge in [-0.05, 0) is 24.3 Å². The normalized spacial score (nSPS) is 9.81. The van der Waals surface area contributed by atoms with Crippen molar-refractivity contribution in [2.45, 2.75) is 6.42 Å². The van der Waals surface area contributed by atoms with Crippen molar-refractivity contribution in [1.82, 2.24) is 9.88 Å². The van der Waals surface area contributed by atoms with Crippen LogP contribution < -0.4 is 5.73 Å². The molecular formula is C16H17N3OS. The summed E-state index contributed by atoms with van der Waals surface area (Å²) in [5, 5.41) is 0. The van der Waals surface area contributed by atoms with Gasteiger partial charge in [-0.1, -0.05) is 17.9 Å². The van der Waals surface area contributed by atoms with Crippen molar-refractivity contribution in [3.63, 3.8) is 0 Å². The third-order valence-corrected chi connectivity index (χ3v) is 3.90. The molecule has 0 atom stereocenters. The van der Waals surface area contributed by atoms with Gasteiger partial charge in [-0.25, -0.2) is 0 Å². The Hall–Kier alpha value is -2.16. The molecular weight excluding hydrogens is 282 g/mol. The highest BCUT2D eigenvalue weighted by Gasteiger charge is 2.13. The Bertz CT molecular complexity index is 655. The monoisotopic (exact) mass is 299 g/mol. The number of hydrogen-bond donors (Lipinski definition) is 1. The van der Waals surface area contributed by atoms with E-state index >= 15 is 0 Å². The van der Waals surface area contributed by atoms with E-state index in [4.69, 9.17) is 5.73 Å². The van der Waals surface area contributed by atoms with Gasteiger partial charge in [0.2, 0.25) is 0 Å². The molecule has 0 aromatic carbocycles. The number of pyridine rings is 1. The number of thiophene rings is 1. The molecule has 0 spiro atoms. The van der Waals surface area contributed by atoms with Crippen LogP contribution in [-0.4, -0.2) is 35.9 Å². The summed E-state index contributed by atoms with van der Waals surface area (Å²) in [5.74, 6) is 5.74. The molecule has 2 heterocycles. The Morgan fingerprint density at radius 1 is 1.38 bits per heavy atom. The summed E-state index contributed by atoms with van der Waals surface area (Å²) in [6.07, 6.45) is 2.51. The molecule has 0 aliphatic carbocycles. The second-order valence-corrected chi connectivity index (χ2v) is 5.55. The number of aromatic nitrogens is 1. The molecule has 0 unspecified atom stereocenters. The van der Waals surface area contributed by atoms with Gasteiger partial charge < -0.3 is 10.6 Å². The van der Waals surface area contributed by atoms with Crippen molar-refractivity contribution in [2.75, 3.05) is 20.1 Å². The summed E-state index contributed by atoms with van der Waals surface area (Å²) in [4.78, 5) is 19.8. The van der Waals surface area contributed by atoms with Crippen LogP contribution in [0, 0.1) is 11.8 Å². The number of nitrogens with two attached hydrogens (primary N) is 1. The molecule has 0 saturated carbocycles. The van der Waals surface area contributed by atoms with Crippen LogP contribution >= 0.6 is 11.3 Å². The first-order valence-corrected chi connectivity index (χ1v) is 7.46. The fourth-order valence-electron chi connectivity index (χ4n) is 1.78. The maximum Gasteiger partial charge on any atom is 0.263 e. The van der Waals surface area contributed by atoms with Crippen LogP contribution in [0.3, 0.4) is 0 Å². The molecule has 0 fully saturated rings. The highest BCUT2D eigenvalue weighted by Crippen LogP contribution is 2.17. The van der Waals surface area contributed by atoms with Crippen molar-refractivity contribution in [3.8, 4) is 11.8 Å². The first-order chi connectivity index (χ1) is 10.2. The molecule has 108 valence electrons. The van der Waals surface area contributed by atoms with Gasteiger partial charge in [-0.2, -0.15) is 0 Å². The first-order valence-electron chi connectivity index (χ1n) is 6.65. The molecule has 21 heavy (non-hydrogen) atoms. The Balaban J connectivity index is 1.94. The van der Waals surface area contributed by atoms with E-state index < -0.39 is 0 Å². The Morgan fingerprint density at radius 3 is 2.95 bits per heavy atom. The standard InChI is InChI=1S/C16H17N3OS/c1-19(12-9-13-5-2-3-11-18-13)16(20)15-8-7-14(21-15)6-4-10-17/h2-3,5,7-8,11H,9-10,12,17H2,1H3. The van der Waals surface area contributed by atoms with E-state index in [-0.39, 0.29) is 5.91 Å². The maximum atomic E-state index is 12.3. The van der Waals surface area contributed by atoms with E-state index in [1.165, 1.54) is 11.3 Å². The summed E-state index contributed by atoms with van der Waals surface area (Å²) in [7, 11) is 1.80. The summed E-state index contributed by atoms with van der Waals surface area (Å²) in [6, 6.07) is 9.46. The molecule has 0 bridgehead atoms. The molecule has 0 aliphatic heterocycles. The number of carbonyl (C=O) groups excluding carboxylic acids is 1. The van der Waals surface area contributed by atoms with Crippen LogP contribution in [0.15, 0.2) is 36.5 Å². The molecule has 2 N–H and O–H groups in total. The van der Waals surface area contributed by atoms with E-state index in [9.17, 15) is 4.79 Å². The van der Waals surface area contributed by atoms with Crippen molar-refractivity contribution in [2.24, 2.45) is 5.73 Å². The summed E-state index contributed by atoms with van der Waals surface area (Å²) >= 11 is 1.39. The van der Waals surface area contributed by atoms with E-state index in [0.29, 0.717) is 18.0 Å². The van der Waals surface area contributed by atoms with E-state index in [1.807, 2.05) is 30.3 Å². The van der Waals surface area contributed by atoms with E-state index in [2.05, 4.69) is 16.8 Å². The van der Waals surface area contributed by atoms with Crippen molar-refractivity contribution < 1.29 is 4.79 Å². The first kappa shape index (κ1) is 15.2. The zero-order valence-electron chi connectivity index (χ0n) is 11.9. The zero-order valence-corrected chi connectivity index (χ0v) is 12.7. The van der Waals surface area contributed by atoms with Crippen LogP contribution in [0.4, 0.5) is 0 Å². The average molecular weight is 299 g/mol. The smallest absolute Gasteiger partial charge is 0.263 e. The maximum absolute atomic E-state index is 12.3. The second kappa shape index (κ2) is 7.58. The number of rotatable bonds is 4. The van der Waals surface area contributed by atoms with Gasteiger partial charge in [-0.3, -0.25) is 9.78 Å². The van der Waals surface area contributed by atoms with Crippen LogP contribution in [0.5, 0.6) is 0 Å². The third kappa shape index (κ3) is 4.42. The summed E-state index contributed by atoms with van der Waals surface area (Å²) in [6.45, 7) is 0.961. The van der Waals surface area contributed by atoms with Gasteiger partial charge in [0.15, 0.2) is 0 Å². The minimum atomic E-state index is 0.0109. The lowest BCUT2D eigenvalue weighted by Gasteiger charge is -2.15. The van der Waals surface area contributed by atoms with Crippen molar-refractivity contribution in [3.05, 3.63) is 52.0 Å². The molecule has 2 rings (SSSR count). The quantitative estimate of drug-likeness (QED) is 0.875. The minimum absolute atomic E-state index is 0.0109. The molecule has 1 amide bonds. The fourth-order valence-corrected chi connectivity index (χ4v) is 2.65. The van der Waals surface area contributed by atoms with Crippen LogP contribution in [0.2, 0.25) is 0 Å². The van der Waals surface area contributed by atoms with E-state index in [0.717, 1.165) is 17.0 Å². The number of nitrogens with zero attached hydrogens (tertiary/aromatic N) is 2. The molecule has 2 aromatic heterocycles. The van der Waals surface area contributed by atoms with Gasteiger partial charge >= 0.3 is 0 Å². The summed E-state index contributed by atoms with van der Waals surface area (Å²) < 4.78 is 0. The van der Waals surface area contributed by atoms with Crippen LogP contribution in [0.25, 0.3) is 0 Å². The number of hydrogen-bond acceptors (Lipinski definition) is 4. The predicted octanol–water partition coefficient (Wildman–Crippen LogP) is 1.77. The SMILES string of the molecule is CN(CCc1ccccn1)C(=O)c1ccc(C#CCN)s1. The van der Waals surface area contributed by atoms with E-state index in [1.54, 1.807) is 18.1 Å². The van der Waals surface area contributed by atoms with Gasteiger partial charge in [0, 0.05) is 31.9 Å². The molecule has 0 aliphatic rings. The predicted molar refractivity (Wildman–Crippen MR) is 85.2 cm³/mol. The average Bonchev–Trinajstić information content (AvgIpc) is 2.99. The van der Waals surface area contributed by atoms with Gasteiger partial charge in [0.1, 0.15) is 0 Å². The van der Waals surface area contributed by atoms with Gasteiger partial charge in [-0.15, -0.1) is 11.3 Å². The number of carbonyl (C=O) groups is 1. The molecule has 4 nitrogen and oxygen atoms in total. The molecule has 0 saturated heterocycles. The third-order valence-electron chi connectivity index (χ3n) is 2.91.